The molecule has 0 aromatic rings. The van der Waals surface area contributed by atoms with Gasteiger partial charge in [-0.15, -0.1) is 0 Å². The van der Waals surface area contributed by atoms with Crippen molar-refractivity contribution in [3.63, 3.8) is 0 Å². The molecule has 1 aliphatic rings. The Bertz CT molecular complexity index is 327. The minimum absolute atomic E-state index is 0.0680. The predicted molar refractivity (Wildman–Crippen MR) is 78.7 cm³/mol. The Morgan fingerprint density at radius 1 is 1.25 bits per heavy atom. The van der Waals surface area contributed by atoms with Crippen LogP contribution in [0.2, 0.25) is 0 Å². The van der Waals surface area contributed by atoms with Gasteiger partial charge in [0.15, 0.2) is 0 Å². The Labute approximate surface area is 121 Å². The molecule has 1 rings (SSSR count). The van der Waals surface area contributed by atoms with Crippen molar-refractivity contribution in [3.05, 3.63) is 0 Å². The predicted octanol–water partition coefficient (Wildman–Crippen LogP) is 2.85. The number of hydrogen-bond acceptors (Lipinski definition) is 2. The van der Waals surface area contributed by atoms with Gasteiger partial charge in [0.1, 0.15) is 6.04 Å². The number of carboxylic acid groups (broad SMARTS) is 1. The molecule has 1 saturated carbocycles. The number of rotatable bonds is 6. The van der Waals surface area contributed by atoms with E-state index >= 15 is 0 Å². The number of nitrogens with zero attached hydrogens (tertiary/aromatic N) is 1. The lowest BCUT2D eigenvalue weighted by Crippen LogP contribution is -2.53. The number of urea groups is 1. The second-order valence-corrected chi connectivity index (χ2v) is 5.73. The molecule has 0 aromatic heterocycles. The van der Waals surface area contributed by atoms with Crippen molar-refractivity contribution in [2.75, 3.05) is 6.54 Å². The Balaban J connectivity index is 2.67. The highest BCUT2D eigenvalue weighted by molar-refractivity contribution is 5.83. The molecule has 0 saturated heterocycles. The SMILES string of the molecule is CCC(C)C(NC(=O)N(CC)C1CCCCC1)C(=O)O. The number of carbonyl (C=O) groups excluding carboxylic acids is 1. The summed E-state index contributed by atoms with van der Waals surface area (Å²) in [4.78, 5) is 25.5. The summed E-state index contributed by atoms with van der Waals surface area (Å²) in [6, 6.07) is -0.766. The molecule has 116 valence electrons. The highest BCUT2D eigenvalue weighted by atomic mass is 16.4. The third-order valence-electron chi connectivity index (χ3n) is 4.38. The third kappa shape index (κ3) is 4.39. The first-order valence-corrected chi connectivity index (χ1v) is 7.81. The fraction of sp³-hybridized carbons (Fsp3) is 0.867. The molecule has 0 bridgehead atoms. The van der Waals surface area contributed by atoms with E-state index in [0.717, 1.165) is 32.1 Å². The van der Waals surface area contributed by atoms with E-state index in [9.17, 15) is 14.7 Å². The second kappa shape index (κ2) is 8.12. The highest BCUT2D eigenvalue weighted by Crippen LogP contribution is 2.22. The molecule has 2 unspecified atom stereocenters. The van der Waals surface area contributed by atoms with Gasteiger partial charge >= 0.3 is 12.0 Å². The third-order valence-corrected chi connectivity index (χ3v) is 4.38. The van der Waals surface area contributed by atoms with Crippen molar-refractivity contribution >= 4 is 12.0 Å². The molecule has 5 heteroatoms. The lowest BCUT2D eigenvalue weighted by Gasteiger charge is -2.35. The maximum Gasteiger partial charge on any atom is 0.326 e. The van der Waals surface area contributed by atoms with Gasteiger partial charge in [0.2, 0.25) is 0 Å². The fourth-order valence-electron chi connectivity index (χ4n) is 2.86. The number of amides is 2. The number of aliphatic carboxylic acids is 1. The second-order valence-electron chi connectivity index (χ2n) is 5.73. The minimum Gasteiger partial charge on any atom is -0.480 e. The van der Waals surface area contributed by atoms with Crippen LogP contribution in [0.25, 0.3) is 0 Å². The van der Waals surface area contributed by atoms with Gasteiger partial charge in [-0.2, -0.15) is 0 Å². The van der Waals surface area contributed by atoms with Crippen LogP contribution in [0, 0.1) is 5.92 Å². The fourth-order valence-corrected chi connectivity index (χ4v) is 2.86. The zero-order chi connectivity index (χ0) is 15.1. The summed E-state index contributed by atoms with van der Waals surface area (Å²) < 4.78 is 0. The molecular formula is C15H28N2O3. The van der Waals surface area contributed by atoms with E-state index in [1.54, 1.807) is 4.90 Å². The minimum atomic E-state index is -0.951. The van der Waals surface area contributed by atoms with E-state index < -0.39 is 12.0 Å². The summed E-state index contributed by atoms with van der Waals surface area (Å²) in [7, 11) is 0. The summed E-state index contributed by atoms with van der Waals surface area (Å²) in [5.41, 5.74) is 0. The first-order chi connectivity index (χ1) is 9.51. The Hall–Kier alpha value is -1.26. The van der Waals surface area contributed by atoms with Crippen LogP contribution in [0.5, 0.6) is 0 Å². The molecule has 0 spiro atoms. The topological polar surface area (TPSA) is 69.6 Å². The molecule has 1 fully saturated rings. The van der Waals surface area contributed by atoms with Crippen LogP contribution in [0.15, 0.2) is 0 Å². The van der Waals surface area contributed by atoms with Crippen LogP contribution in [0.1, 0.15) is 59.3 Å². The van der Waals surface area contributed by atoms with Gasteiger partial charge in [-0.1, -0.05) is 39.5 Å². The molecule has 0 aliphatic heterocycles. The molecule has 2 amide bonds. The number of hydrogen-bond donors (Lipinski definition) is 2. The summed E-state index contributed by atoms with van der Waals surface area (Å²) >= 11 is 0. The van der Waals surface area contributed by atoms with Gasteiger partial charge in [-0.25, -0.2) is 9.59 Å². The molecule has 2 atom stereocenters. The van der Waals surface area contributed by atoms with E-state index in [1.807, 2.05) is 20.8 Å². The van der Waals surface area contributed by atoms with Gasteiger partial charge in [-0.05, 0) is 25.7 Å². The van der Waals surface area contributed by atoms with Gasteiger partial charge < -0.3 is 15.3 Å². The zero-order valence-electron chi connectivity index (χ0n) is 12.9. The van der Waals surface area contributed by atoms with Gasteiger partial charge in [0.05, 0.1) is 0 Å². The molecule has 20 heavy (non-hydrogen) atoms. The first-order valence-electron chi connectivity index (χ1n) is 7.81. The molecule has 2 N–H and O–H groups in total. The smallest absolute Gasteiger partial charge is 0.326 e. The number of carboxylic acids is 1. The first kappa shape index (κ1) is 16.8. The van der Waals surface area contributed by atoms with Crippen LogP contribution in [0.4, 0.5) is 4.79 Å². The van der Waals surface area contributed by atoms with Gasteiger partial charge in [-0.3, -0.25) is 0 Å². The standard InChI is InChI=1S/C15H28N2O3/c1-4-11(3)13(14(18)19)16-15(20)17(5-2)12-9-7-6-8-10-12/h11-13H,4-10H2,1-3H3,(H,16,20)(H,18,19). The quantitative estimate of drug-likeness (QED) is 0.788. The van der Waals surface area contributed by atoms with Crippen molar-refractivity contribution in [2.45, 2.75) is 71.4 Å². The van der Waals surface area contributed by atoms with Gasteiger partial charge in [0, 0.05) is 12.6 Å². The van der Waals surface area contributed by atoms with Crippen molar-refractivity contribution in [1.29, 1.82) is 0 Å². The Kier molecular flexibility index (Phi) is 6.82. The lowest BCUT2D eigenvalue weighted by atomic mass is 9.94. The molecule has 5 nitrogen and oxygen atoms in total. The van der Waals surface area contributed by atoms with Crippen molar-refractivity contribution < 1.29 is 14.7 Å². The number of carbonyl (C=O) groups is 2. The van der Waals surface area contributed by atoms with E-state index in [4.69, 9.17) is 0 Å². The normalized spacial score (nSPS) is 19.1. The maximum atomic E-state index is 12.4. The lowest BCUT2D eigenvalue weighted by molar-refractivity contribution is -0.140. The van der Waals surface area contributed by atoms with E-state index in [2.05, 4.69) is 5.32 Å². The van der Waals surface area contributed by atoms with E-state index in [0.29, 0.717) is 6.54 Å². The molecule has 0 heterocycles. The molecule has 0 aromatic carbocycles. The van der Waals surface area contributed by atoms with Crippen LogP contribution < -0.4 is 5.32 Å². The van der Waals surface area contributed by atoms with Crippen LogP contribution in [-0.4, -0.2) is 40.6 Å². The van der Waals surface area contributed by atoms with Crippen LogP contribution in [-0.2, 0) is 4.79 Å². The summed E-state index contributed by atoms with van der Waals surface area (Å²) in [6.07, 6.45) is 6.34. The van der Waals surface area contributed by atoms with E-state index in [1.165, 1.54) is 6.42 Å². The largest absolute Gasteiger partial charge is 0.480 e. The molecular weight excluding hydrogens is 256 g/mol. The molecule has 1 aliphatic carbocycles. The Morgan fingerprint density at radius 3 is 2.30 bits per heavy atom. The Morgan fingerprint density at radius 2 is 1.85 bits per heavy atom. The molecule has 0 radical (unpaired) electrons. The highest BCUT2D eigenvalue weighted by Gasteiger charge is 2.30. The summed E-state index contributed by atoms with van der Waals surface area (Å²) in [5.74, 6) is -1.02. The van der Waals surface area contributed by atoms with Crippen molar-refractivity contribution in [2.24, 2.45) is 5.92 Å². The number of nitrogens with one attached hydrogen (secondary N) is 1. The van der Waals surface area contributed by atoms with Crippen molar-refractivity contribution in [1.82, 2.24) is 10.2 Å². The average molecular weight is 284 g/mol. The van der Waals surface area contributed by atoms with Crippen LogP contribution >= 0.6 is 0 Å². The summed E-state index contributed by atoms with van der Waals surface area (Å²) in [5, 5.41) is 12.0. The average Bonchev–Trinajstić information content (AvgIpc) is 2.45. The maximum absolute atomic E-state index is 12.4. The zero-order valence-corrected chi connectivity index (χ0v) is 12.9. The monoisotopic (exact) mass is 284 g/mol. The van der Waals surface area contributed by atoms with Gasteiger partial charge in [0.25, 0.3) is 0 Å². The van der Waals surface area contributed by atoms with Crippen molar-refractivity contribution in [3.8, 4) is 0 Å². The van der Waals surface area contributed by atoms with Crippen LogP contribution in [0.3, 0.4) is 0 Å². The summed E-state index contributed by atoms with van der Waals surface area (Å²) in [6.45, 7) is 6.37. The van der Waals surface area contributed by atoms with E-state index in [-0.39, 0.29) is 18.0 Å².